The van der Waals surface area contributed by atoms with E-state index in [1.165, 1.54) is 64.2 Å². The Morgan fingerprint density at radius 1 is 0.938 bits per heavy atom. The van der Waals surface area contributed by atoms with Crippen molar-refractivity contribution in [1.29, 1.82) is 0 Å². The second kappa shape index (κ2) is 8.14. The van der Waals surface area contributed by atoms with E-state index in [4.69, 9.17) is 0 Å². The normalized spacial score (nSPS) is 21.9. The Bertz CT molecular complexity index is 155. The number of hydrogen-bond donors (Lipinski definition) is 0. The highest BCUT2D eigenvalue weighted by Crippen LogP contribution is 2.32. The smallest absolute Gasteiger partial charge is 0.0412 e. The monoisotopic (exact) mass is 224 g/mol. The summed E-state index contributed by atoms with van der Waals surface area (Å²) in [6, 6.07) is 0. The van der Waals surface area contributed by atoms with Gasteiger partial charge in [-0.2, -0.15) is 0 Å². The Balaban J connectivity index is 2.19. The van der Waals surface area contributed by atoms with Gasteiger partial charge in [0.2, 0.25) is 0 Å². The fourth-order valence-electron chi connectivity index (χ4n) is 3.11. The minimum atomic E-state index is 0.945. The topological polar surface area (TPSA) is 0 Å². The van der Waals surface area contributed by atoms with E-state index in [1.807, 2.05) is 0 Å². The second-order valence-electron chi connectivity index (χ2n) is 6.10. The lowest BCUT2D eigenvalue weighted by Gasteiger charge is -2.26. The Labute approximate surface area is 103 Å². The van der Waals surface area contributed by atoms with Crippen LogP contribution in [0.4, 0.5) is 0 Å². The van der Waals surface area contributed by atoms with Crippen molar-refractivity contribution < 1.29 is 0 Å². The molecule has 0 nitrogen and oxygen atoms in total. The zero-order chi connectivity index (χ0) is 11.8. The van der Waals surface area contributed by atoms with Crippen molar-refractivity contribution >= 4 is 0 Å². The van der Waals surface area contributed by atoms with Crippen LogP contribution in [-0.4, -0.2) is 0 Å². The van der Waals surface area contributed by atoms with Crippen LogP contribution >= 0.6 is 0 Å². The van der Waals surface area contributed by atoms with Gasteiger partial charge in [0.15, 0.2) is 0 Å². The first-order valence-electron chi connectivity index (χ1n) is 7.76. The molecule has 2 unspecified atom stereocenters. The standard InChI is InChI=1S/C16H32/c1-4-14(3)11-12-15(5-2)13-16-9-7-6-8-10-16/h14-16H,4-13H2,1-3H3. The van der Waals surface area contributed by atoms with Crippen LogP contribution in [-0.2, 0) is 0 Å². The predicted molar refractivity (Wildman–Crippen MR) is 73.7 cm³/mol. The summed E-state index contributed by atoms with van der Waals surface area (Å²) in [7, 11) is 0. The van der Waals surface area contributed by atoms with Gasteiger partial charge in [0.05, 0.1) is 0 Å². The molecule has 2 atom stereocenters. The molecule has 0 heterocycles. The zero-order valence-corrected chi connectivity index (χ0v) is 11.8. The average molecular weight is 224 g/mol. The first-order valence-corrected chi connectivity index (χ1v) is 7.76. The van der Waals surface area contributed by atoms with E-state index in [9.17, 15) is 0 Å². The highest BCUT2D eigenvalue weighted by atomic mass is 14.2. The molecule has 0 N–H and O–H groups in total. The van der Waals surface area contributed by atoms with Gasteiger partial charge in [-0.25, -0.2) is 0 Å². The predicted octanol–water partition coefficient (Wildman–Crippen LogP) is 5.81. The van der Waals surface area contributed by atoms with E-state index in [0.29, 0.717) is 0 Å². The third-order valence-corrected chi connectivity index (χ3v) is 4.73. The van der Waals surface area contributed by atoms with Gasteiger partial charge < -0.3 is 0 Å². The highest BCUT2D eigenvalue weighted by molar-refractivity contribution is 4.70. The van der Waals surface area contributed by atoms with Crippen molar-refractivity contribution in [3.63, 3.8) is 0 Å². The molecule has 96 valence electrons. The SMILES string of the molecule is CCC(C)CCC(CC)CC1CCCCC1. The average Bonchev–Trinajstić information content (AvgIpc) is 2.35. The molecule has 0 amide bonds. The van der Waals surface area contributed by atoms with Gasteiger partial charge in [0.1, 0.15) is 0 Å². The molecule has 1 aliphatic rings. The molecular formula is C16H32. The van der Waals surface area contributed by atoms with Crippen LogP contribution in [0.2, 0.25) is 0 Å². The molecule has 0 radical (unpaired) electrons. The van der Waals surface area contributed by atoms with Crippen molar-refractivity contribution in [2.45, 2.75) is 85.0 Å². The summed E-state index contributed by atoms with van der Waals surface area (Å²) >= 11 is 0. The molecular weight excluding hydrogens is 192 g/mol. The molecule has 1 rings (SSSR count). The van der Waals surface area contributed by atoms with E-state index < -0.39 is 0 Å². The Morgan fingerprint density at radius 2 is 1.62 bits per heavy atom. The van der Waals surface area contributed by atoms with Gasteiger partial charge in [-0.1, -0.05) is 78.6 Å². The molecule has 1 fully saturated rings. The summed E-state index contributed by atoms with van der Waals surface area (Å²) < 4.78 is 0. The summed E-state index contributed by atoms with van der Waals surface area (Å²) in [4.78, 5) is 0. The van der Waals surface area contributed by atoms with E-state index >= 15 is 0 Å². The van der Waals surface area contributed by atoms with E-state index in [2.05, 4.69) is 20.8 Å². The summed E-state index contributed by atoms with van der Waals surface area (Å²) in [5.74, 6) is 3.05. The second-order valence-corrected chi connectivity index (χ2v) is 6.10. The van der Waals surface area contributed by atoms with E-state index in [-0.39, 0.29) is 0 Å². The van der Waals surface area contributed by atoms with Gasteiger partial charge in [-0.3, -0.25) is 0 Å². The summed E-state index contributed by atoms with van der Waals surface area (Å²) in [6.45, 7) is 7.13. The molecule has 1 aliphatic carbocycles. The first kappa shape index (κ1) is 14.1. The third kappa shape index (κ3) is 5.37. The Kier molecular flexibility index (Phi) is 7.16. The van der Waals surface area contributed by atoms with Crippen LogP contribution in [0.5, 0.6) is 0 Å². The van der Waals surface area contributed by atoms with Crippen LogP contribution < -0.4 is 0 Å². The molecule has 0 aromatic heterocycles. The van der Waals surface area contributed by atoms with Crippen molar-refractivity contribution in [3.05, 3.63) is 0 Å². The van der Waals surface area contributed by atoms with Gasteiger partial charge in [0, 0.05) is 0 Å². The molecule has 0 spiro atoms. The molecule has 0 aromatic rings. The molecule has 0 aromatic carbocycles. The van der Waals surface area contributed by atoms with Gasteiger partial charge in [-0.05, 0) is 24.2 Å². The lowest BCUT2D eigenvalue weighted by Crippen LogP contribution is -2.12. The number of hydrogen-bond acceptors (Lipinski definition) is 0. The third-order valence-electron chi connectivity index (χ3n) is 4.73. The Morgan fingerprint density at radius 3 is 2.19 bits per heavy atom. The van der Waals surface area contributed by atoms with E-state index in [1.54, 1.807) is 0 Å². The Hall–Kier alpha value is 0. The van der Waals surface area contributed by atoms with Crippen molar-refractivity contribution in [1.82, 2.24) is 0 Å². The van der Waals surface area contributed by atoms with Crippen LogP contribution in [0.15, 0.2) is 0 Å². The minimum Gasteiger partial charge on any atom is -0.0651 e. The zero-order valence-electron chi connectivity index (χ0n) is 11.8. The van der Waals surface area contributed by atoms with Crippen LogP contribution in [0.25, 0.3) is 0 Å². The van der Waals surface area contributed by atoms with Crippen LogP contribution in [0.1, 0.15) is 85.0 Å². The largest absolute Gasteiger partial charge is 0.0651 e. The fourth-order valence-corrected chi connectivity index (χ4v) is 3.11. The molecule has 0 aliphatic heterocycles. The number of rotatable bonds is 7. The van der Waals surface area contributed by atoms with Crippen molar-refractivity contribution in [2.24, 2.45) is 17.8 Å². The van der Waals surface area contributed by atoms with E-state index in [0.717, 1.165) is 17.8 Å². The van der Waals surface area contributed by atoms with Gasteiger partial charge in [0.25, 0.3) is 0 Å². The maximum atomic E-state index is 2.41. The molecule has 0 saturated heterocycles. The minimum absolute atomic E-state index is 0.945. The lowest BCUT2D eigenvalue weighted by atomic mass is 9.80. The molecule has 16 heavy (non-hydrogen) atoms. The van der Waals surface area contributed by atoms with Crippen molar-refractivity contribution in [2.75, 3.05) is 0 Å². The lowest BCUT2D eigenvalue weighted by molar-refractivity contribution is 0.263. The summed E-state index contributed by atoms with van der Waals surface area (Å²) in [5, 5.41) is 0. The quantitative estimate of drug-likeness (QED) is 0.512. The van der Waals surface area contributed by atoms with Gasteiger partial charge in [-0.15, -0.1) is 0 Å². The summed E-state index contributed by atoms with van der Waals surface area (Å²) in [5.41, 5.74) is 0. The molecule has 0 bridgehead atoms. The molecule has 0 heteroatoms. The molecule has 1 saturated carbocycles. The van der Waals surface area contributed by atoms with Crippen LogP contribution in [0, 0.1) is 17.8 Å². The highest BCUT2D eigenvalue weighted by Gasteiger charge is 2.18. The first-order chi connectivity index (χ1) is 7.76. The summed E-state index contributed by atoms with van der Waals surface area (Å²) in [6.07, 6.45) is 14.8. The fraction of sp³-hybridized carbons (Fsp3) is 1.00. The van der Waals surface area contributed by atoms with Crippen molar-refractivity contribution in [3.8, 4) is 0 Å². The maximum absolute atomic E-state index is 2.41. The van der Waals surface area contributed by atoms with Crippen LogP contribution in [0.3, 0.4) is 0 Å². The van der Waals surface area contributed by atoms with Gasteiger partial charge >= 0.3 is 0 Å². The maximum Gasteiger partial charge on any atom is -0.0412 e.